The molecule has 0 bridgehead atoms. The highest BCUT2D eigenvalue weighted by Crippen LogP contribution is 2.02. The average molecular weight is 225 g/mol. The van der Waals surface area contributed by atoms with Gasteiger partial charge in [-0.3, -0.25) is 0 Å². The SMILES string of the molecule is CCCCCNC(=O)NCc1ncoc1C. The number of urea groups is 1. The summed E-state index contributed by atoms with van der Waals surface area (Å²) in [7, 11) is 0. The maximum atomic E-state index is 11.3. The minimum atomic E-state index is -0.154. The summed E-state index contributed by atoms with van der Waals surface area (Å²) >= 11 is 0. The van der Waals surface area contributed by atoms with E-state index in [2.05, 4.69) is 22.5 Å². The molecule has 0 aliphatic rings. The van der Waals surface area contributed by atoms with Crippen LogP contribution in [0.2, 0.25) is 0 Å². The average Bonchev–Trinajstić information content (AvgIpc) is 2.67. The Kier molecular flexibility index (Phi) is 5.39. The molecule has 5 heteroatoms. The van der Waals surface area contributed by atoms with Crippen LogP contribution in [0.1, 0.15) is 37.6 Å². The van der Waals surface area contributed by atoms with Gasteiger partial charge >= 0.3 is 6.03 Å². The highest BCUT2D eigenvalue weighted by atomic mass is 16.3. The van der Waals surface area contributed by atoms with Crippen LogP contribution in [-0.2, 0) is 6.54 Å². The molecule has 0 fully saturated rings. The fourth-order valence-corrected chi connectivity index (χ4v) is 1.30. The fourth-order valence-electron chi connectivity index (χ4n) is 1.30. The molecule has 0 aliphatic heterocycles. The molecule has 0 atom stereocenters. The smallest absolute Gasteiger partial charge is 0.315 e. The van der Waals surface area contributed by atoms with Gasteiger partial charge in [0.2, 0.25) is 0 Å². The van der Waals surface area contributed by atoms with Gasteiger partial charge in [-0.2, -0.15) is 0 Å². The van der Waals surface area contributed by atoms with Crippen molar-refractivity contribution in [2.45, 2.75) is 39.7 Å². The number of amides is 2. The number of hydrogen-bond donors (Lipinski definition) is 2. The molecular weight excluding hydrogens is 206 g/mol. The molecule has 1 aromatic rings. The molecule has 0 aliphatic carbocycles. The molecule has 0 radical (unpaired) electrons. The first-order valence-electron chi connectivity index (χ1n) is 5.64. The molecule has 1 heterocycles. The van der Waals surface area contributed by atoms with Crippen LogP contribution in [0.25, 0.3) is 0 Å². The Labute approximate surface area is 95.6 Å². The van der Waals surface area contributed by atoms with Crippen LogP contribution in [0.5, 0.6) is 0 Å². The zero-order valence-corrected chi connectivity index (χ0v) is 9.88. The molecule has 5 nitrogen and oxygen atoms in total. The number of aromatic nitrogens is 1. The second kappa shape index (κ2) is 6.87. The number of carbonyl (C=O) groups is 1. The Morgan fingerprint density at radius 3 is 2.88 bits per heavy atom. The van der Waals surface area contributed by atoms with Crippen LogP contribution in [0.4, 0.5) is 4.79 Å². The monoisotopic (exact) mass is 225 g/mol. The van der Waals surface area contributed by atoms with Crippen molar-refractivity contribution in [2.24, 2.45) is 0 Å². The van der Waals surface area contributed by atoms with Gasteiger partial charge < -0.3 is 15.1 Å². The predicted molar refractivity (Wildman–Crippen MR) is 61.0 cm³/mol. The van der Waals surface area contributed by atoms with Crippen molar-refractivity contribution in [3.05, 3.63) is 17.8 Å². The number of aryl methyl sites for hydroxylation is 1. The normalized spacial score (nSPS) is 10.1. The summed E-state index contributed by atoms with van der Waals surface area (Å²) in [5.41, 5.74) is 0.767. The van der Waals surface area contributed by atoms with E-state index >= 15 is 0 Å². The van der Waals surface area contributed by atoms with E-state index in [1.807, 2.05) is 6.92 Å². The molecular formula is C11H19N3O2. The lowest BCUT2D eigenvalue weighted by atomic mass is 10.2. The molecule has 2 N–H and O–H groups in total. The van der Waals surface area contributed by atoms with Crippen molar-refractivity contribution in [2.75, 3.05) is 6.54 Å². The van der Waals surface area contributed by atoms with Gasteiger partial charge in [0.25, 0.3) is 0 Å². The Bertz CT molecular complexity index is 323. The number of rotatable bonds is 6. The molecule has 90 valence electrons. The van der Waals surface area contributed by atoms with E-state index in [0.717, 1.165) is 37.3 Å². The van der Waals surface area contributed by atoms with E-state index in [9.17, 15) is 4.79 Å². The second-order valence-corrected chi connectivity index (χ2v) is 3.67. The first-order chi connectivity index (χ1) is 7.74. The van der Waals surface area contributed by atoms with Crippen LogP contribution < -0.4 is 10.6 Å². The third-order valence-electron chi connectivity index (χ3n) is 2.33. The molecule has 16 heavy (non-hydrogen) atoms. The molecule has 0 saturated carbocycles. The van der Waals surface area contributed by atoms with Gasteiger partial charge in [-0.1, -0.05) is 19.8 Å². The number of unbranched alkanes of at least 4 members (excludes halogenated alkanes) is 2. The zero-order chi connectivity index (χ0) is 11.8. The molecule has 0 saturated heterocycles. The summed E-state index contributed by atoms with van der Waals surface area (Å²) in [6, 6.07) is -0.154. The van der Waals surface area contributed by atoms with Gasteiger partial charge in [0, 0.05) is 6.54 Å². The second-order valence-electron chi connectivity index (χ2n) is 3.67. The summed E-state index contributed by atoms with van der Waals surface area (Å²) in [6.07, 6.45) is 4.70. The molecule has 0 spiro atoms. The van der Waals surface area contributed by atoms with Gasteiger partial charge in [0.1, 0.15) is 11.5 Å². The molecule has 0 unspecified atom stereocenters. The van der Waals surface area contributed by atoms with Gasteiger partial charge in [-0.15, -0.1) is 0 Å². The number of oxazole rings is 1. The standard InChI is InChI=1S/C11H19N3O2/c1-3-4-5-6-12-11(15)13-7-10-9(2)16-8-14-10/h8H,3-7H2,1-2H3,(H2,12,13,15). The van der Waals surface area contributed by atoms with Crippen LogP contribution >= 0.6 is 0 Å². The number of hydrogen-bond acceptors (Lipinski definition) is 3. The third kappa shape index (κ3) is 4.33. The quantitative estimate of drug-likeness (QED) is 0.727. The first-order valence-corrected chi connectivity index (χ1v) is 5.64. The van der Waals surface area contributed by atoms with E-state index in [-0.39, 0.29) is 6.03 Å². The lowest BCUT2D eigenvalue weighted by Gasteiger charge is -2.05. The summed E-state index contributed by atoms with van der Waals surface area (Å²) in [5, 5.41) is 5.52. The van der Waals surface area contributed by atoms with E-state index in [1.165, 1.54) is 6.39 Å². The van der Waals surface area contributed by atoms with E-state index in [1.54, 1.807) is 0 Å². The molecule has 1 aromatic heterocycles. The Hall–Kier alpha value is -1.52. The third-order valence-corrected chi connectivity index (χ3v) is 2.33. The van der Waals surface area contributed by atoms with Gasteiger partial charge in [0.15, 0.2) is 6.39 Å². The Morgan fingerprint density at radius 1 is 1.44 bits per heavy atom. The molecule has 0 aromatic carbocycles. The van der Waals surface area contributed by atoms with Crippen LogP contribution in [0.3, 0.4) is 0 Å². The summed E-state index contributed by atoms with van der Waals surface area (Å²) in [4.78, 5) is 15.3. The highest BCUT2D eigenvalue weighted by molar-refractivity contribution is 5.73. The Balaban J connectivity index is 2.13. The Morgan fingerprint density at radius 2 is 2.25 bits per heavy atom. The van der Waals surface area contributed by atoms with Crippen LogP contribution in [0, 0.1) is 6.92 Å². The first kappa shape index (κ1) is 12.5. The summed E-state index contributed by atoms with van der Waals surface area (Å²) in [5.74, 6) is 0.742. The van der Waals surface area contributed by atoms with Crippen molar-refractivity contribution in [3.63, 3.8) is 0 Å². The largest absolute Gasteiger partial charge is 0.448 e. The zero-order valence-electron chi connectivity index (χ0n) is 9.88. The number of carbonyl (C=O) groups excluding carboxylic acids is 1. The number of nitrogens with zero attached hydrogens (tertiary/aromatic N) is 1. The van der Waals surface area contributed by atoms with Gasteiger partial charge in [-0.05, 0) is 13.3 Å². The maximum Gasteiger partial charge on any atom is 0.315 e. The van der Waals surface area contributed by atoms with E-state index < -0.39 is 0 Å². The topological polar surface area (TPSA) is 67.2 Å². The lowest BCUT2D eigenvalue weighted by Crippen LogP contribution is -2.35. The minimum Gasteiger partial charge on any atom is -0.448 e. The minimum absolute atomic E-state index is 0.154. The van der Waals surface area contributed by atoms with Crippen molar-refractivity contribution < 1.29 is 9.21 Å². The highest BCUT2D eigenvalue weighted by Gasteiger charge is 2.04. The fraction of sp³-hybridized carbons (Fsp3) is 0.636. The summed E-state index contributed by atoms with van der Waals surface area (Å²) in [6.45, 7) is 5.08. The molecule has 1 rings (SSSR count). The predicted octanol–water partition coefficient (Wildman–Crippen LogP) is 1.97. The van der Waals surface area contributed by atoms with Crippen LogP contribution in [-0.4, -0.2) is 17.6 Å². The van der Waals surface area contributed by atoms with Crippen molar-refractivity contribution >= 4 is 6.03 Å². The lowest BCUT2D eigenvalue weighted by molar-refractivity contribution is 0.240. The van der Waals surface area contributed by atoms with E-state index in [4.69, 9.17) is 4.42 Å². The van der Waals surface area contributed by atoms with Gasteiger partial charge in [0.05, 0.1) is 6.54 Å². The van der Waals surface area contributed by atoms with Crippen LogP contribution in [0.15, 0.2) is 10.8 Å². The van der Waals surface area contributed by atoms with Crippen molar-refractivity contribution in [3.8, 4) is 0 Å². The van der Waals surface area contributed by atoms with Gasteiger partial charge in [-0.25, -0.2) is 9.78 Å². The van der Waals surface area contributed by atoms with E-state index in [0.29, 0.717) is 6.54 Å². The van der Waals surface area contributed by atoms with Crippen molar-refractivity contribution in [1.82, 2.24) is 15.6 Å². The number of nitrogens with one attached hydrogen (secondary N) is 2. The maximum absolute atomic E-state index is 11.3. The molecule has 2 amide bonds. The summed E-state index contributed by atoms with van der Waals surface area (Å²) < 4.78 is 5.03. The van der Waals surface area contributed by atoms with Crippen molar-refractivity contribution in [1.29, 1.82) is 0 Å².